The van der Waals surface area contributed by atoms with Gasteiger partial charge in [-0.05, 0) is 25.8 Å². The zero-order valence-corrected chi connectivity index (χ0v) is 15.4. The van der Waals surface area contributed by atoms with Crippen molar-refractivity contribution in [3.8, 4) is 0 Å². The molecule has 3 aliphatic heterocycles. The van der Waals surface area contributed by atoms with Gasteiger partial charge in [0.15, 0.2) is 17.1 Å². The number of anilines is 1. The van der Waals surface area contributed by atoms with Gasteiger partial charge in [0.05, 0.1) is 0 Å². The Bertz CT molecular complexity index is 1160. The van der Waals surface area contributed by atoms with Crippen LogP contribution in [0, 0.1) is 6.92 Å². The van der Waals surface area contributed by atoms with E-state index < -0.39 is 5.54 Å². The zero-order valence-electron chi connectivity index (χ0n) is 15.4. The number of rotatable bonds is 0. The maximum atomic E-state index is 13.7. The number of hydrogen-bond acceptors (Lipinski definition) is 4. The summed E-state index contributed by atoms with van der Waals surface area (Å²) in [4.78, 5) is 42.7. The zero-order chi connectivity index (χ0) is 19.2. The minimum Gasteiger partial charge on any atom is -0.324 e. The molecule has 5 heteroatoms. The molecule has 1 aliphatic carbocycles. The second kappa shape index (κ2) is 5.06. The summed E-state index contributed by atoms with van der Waals surface area (Å²) in [5, 5.41) is 2.98. The molecule has 0 aromatic heterocycles. The summed E-state index contributed by atoms with van der Waals surface area (Å²) in [5.74, 6) is -0.512. The Balaban J connectivity index is 1.71. The van der Waals surface area contributed by atoms with Crippen LogP contribution >= 0.6 is 0 Å². The lowest BCUT2D eigenvalue weighted by Gasteiger charge is -2.35. The van der Waals surface area contributed by atoms with Gasteiger partial charge < -0.3 is 5.32 Å². The number of Topliss-reactive ketones (excluding diaryl/α,β-unsaturated/α-hetero) is 2. The summed E-state index contributed by atoms with van der Waals surface area (Å²) in [7, 11) is 0. The molecule has 1 spiro atoms. The van der Waals surface area contributed by atoms with E-state index in [0.717, 1.165) is 29.7 Å². The standard InChI is InChI=1S/C23H18N2O3/c1-12-8-9-16-15(11-12)23(22(28)24-16)19-18(17-7-4-10-25(17)23)20(26)13-5-2-3-6-14(13)21(19)27/h2-3,5-6,8-9,11,17H,4,7,10H2,1H3,(H,24,28). The van der Waals surface area contributed by atoms with Gasteiger partial charge in [-0.1, -0.05) is 42.0 Å². The highest BCUT2D eigenvalue weighted by Gasteiger charge is 2.66. The molecule has 2 aromatic carbocycles. The highest BCUT2D eigenvalue weighted by atomic mass is 16.2. The van der Waals surface area contributed by atoms with Crippen molar-refractivity contribution in [1.82, 2.24) is 4.90 Å². The second-order valence-corrected chi connectivity index (χ2v) is 8.06. The van der Waals surface area contributed by atoms with Crippen LogP contribution in [0.2, 0.25) is 0 Å². The fraction of sp³-hybridized carbons (Fsp3) is 0.261. The van der Waals surface area contributed by atoms with E-state index in [1.807, 2.05) is 25.1 Å². The molecule has 0 bridgehead atoms. The number of nitrogens with one attached hydrogen (secondary N) is 1. The normalized spacial score (nSPS) is 27.8. The molecule has 0 radical (unpaired) electrons. The molecule has 6 rings (SSSR count). The highest BCUT2D eigenvalue weighted by molar-refractivity contribution is 6.32. The number of hydrogen-bond donors (Lipinski definition) is 1. The minimum atomic E-state index is -1.20. The second-order valence-electron chi connectivity index (χ2n) is 8.06. The van der Waals surface area contributed by atoms with Crippen molar-refractivity contribution in [3.05, 3.63) is 75.9 Å². The number of amides is 1. The fourth-order valence-corrected chi connectivity index (χ4v) is 5.62. The third-order valence-electron chi connectivity index (χ3n) is 6.68. The van der Waals surface area contributed by atoms with E-state index in [2.05, 4.69) is 10.2 Å². The highest BCUT2D eigenvalue weighted by Crippen LogP contribution is 2.57. The Hall–Kier alpha value is -3.05. The number of carbonyl (C=O) groups is 3. The summed E-state index contributed by atoms with van der Waals surface area (Å²) in [6.07, 6.45) is 1.69. The van der Waals surface area contributed by atoms with Crippen molar-refractivity contribution in [2.45, 2.75) is 31.3 Å². The van der Waals surface area contributed by atoms with Crippen molar-refractivity contribution in [3.63, 3.8) is 0 Å². The summed E-state index contributed by atoms with van der Waals surface area (Å²) in [6, 6.07) is 12.6. The van der Waals surface area contributed by atoms with Crippen LogP contribution in [0.4, 0.5) is 5.69 Å². The van der Waals surface area contributed by atoms with Gasteiger partial charge in [-0.2, -0.15) is 0 Å². The molecule has 2 unspecified atom stereocenters. The Kier molecular flexibility index (Phi) is 2.88. The Labute approximate surface area is 162 Å². The predicted molar refractivity (Wildman–Crippen MR) is 103 cm³/mol. The molecule has 138 valence electrons. The van der Waals surface area contributed by atoms with Crippen LogP contribution in [0.5, 0.6) is 0 Å². The summed E-state index contributed by atoms with van der Waals surface area (Å²) < 4.78 is 0. The first-order valence-electron chi connectivity index (χ1n) is 9.67. The van der Waals surface area contributed by atoms with Crippen LogP contribution in [-0.4, -0.2) is 35.0 Å². The molecule has 0 saturated carbocycles. The van der Waals surface area contributed by atoms with E-state index in [1.54, 1.807) is 24.3 Å². The van der Waals surface area contributed by atoms with E-state index in [9.17, 15) is 14.4 Å². The first kappa shape index (κ1) is 16.0. The molecule has 1 saturated heterocycles. The van der Waals surface area contributed by atoms with Crippen molar-refractivity contribution in [2.24, 2.45) is 0 Å². The molecule has 2 atom stereocenters. The van der Waals surface area contributed by atoms with E-state index >= 15 is 0 Å². The number of ketones is 2. The maximum absolute atomic E-state index is 13.7. The summed E-state index contributed by atoms with van der Waals surface area (Å²) >= 11 is 0. The van der Waals surface area contributed by atoms with Crippen molar-refractivity contribution >= 4 is 23.2 Å². The van der Waals surface area contributed by atoms with Gasteiger partial charge in [0, 0.05) is 46.1 Å². The number of benzene rings is 2. The first-order valence-corrected chi connectivity index (χ1v) is 9.67. The molecule has 5 nitrogen and oxygen atoms in total. The van der Waals surface area contributed by atoms with Crippen molar-refractivity contribution in [1.29, 1.82) is 0 Å². The fourth-order valence-electron chi connectivity index (χ4n) is 5.62. The first-order chi connectivity index (χ1) is 13.5. The number of aryl methyl sites for hydroxylation is 1. The molecule has 1 amide bonds. The van der Waals surface area contributed by atoms with Gasteiger partial charge in [0.2, 0.25) is 0 Å². The quantitative estimate of drug-likeness (QED) is 0.774. The molecular weight excluding hydrogens is 352 g/mol. The van der Waals surface area contributed by atoms with E-state index in [4.69, 9.17) is 0 Å². The van der Waals surface area contributed by atoms with Crippen LogP contribution in [0.15, 0.2) is 53.6 Å². The van der Waals surface area contributed by atoms with Gasteiger partial charge in [-0.15, -0.1) is 0 Å². The van der Waals surface area contributed by atoms with Gasteiger partial charge >= 0.3 is 0 Å². The largest absolute Gasteiger partial charge is 0.324 e. The van der Waals surface area contributed by atoms with Gasteiger partial charge in [0.25, 0.3) is 5.91 Å². The number of fused-ring (bicyclic) bond motifs is 7. The van der Waals surface area contributed by atoms with E-state index in [0.29, 0.717) is 28.8 Å². The number of nitrogens with zero attached hydrogens (tertiary/aromatic N) is 1. The van der Waals surface area contributed by atoms with Gasteiger partial charge in [-0.25, -0.2) is 0 Å². The van der Waals surface area contributed by atoms with Crippen LogP contribution in [0.1, 0.15) is 44.7 Å². The Morgan fingerprint density at radius 3 is 2.57 bits per heavy atom. The van der Waals surface area contributed by atoms with Crippen LogP contribution < -0.4 is 5.32 Å². The maximum Gasteiger partial charge on any atom is 0.254 e. The summed E-state index contributed by atoms with van der Waals surface area (Å²) in [6.45, 7) is 2.67. The van der Waals surface area contributed by atoms with Gasteiger partial charge in [0.1, 0.15) is 0 Å². The molecular formula is C23H18N2O3. The van der Waals surface area contributed by atoms with Crippen LogP contribution in [-0.2, 0) is 10.3 Å². The minimum absolute atomic E-state index is 0.104. The monoisotopic (exact) mass is 370 g/mol. The lowest BCUT2D eigenvalue weighted by molar-refractivity contribution is -0.124. The molecule has 4 aliphatic rings. The molecule has 1 fully saturated rings. The third-order valence-corrected chi connectivity index (χ3v) is 6.68. The topological polar surface area (TPSA) is 66.5 Å². The average Bonchev–Trinajstić information content (AvgIpc) is 3.34. The SMILES string of the molecule is Cc1ccc2c(c1)C1(C(=O)N2)C2=C(C(=O)c3ccccc3C2=O)C2CCCN21. The Morgan fingerprint density at radius 2 is 1.79 bits per heavy atom. The third kappa shape index (κ3) is 1.61. The molecule has 2 aromatic rings. The lowest BCUT2D eigenvalue weighted by Crippen LogP contribution is -2.51. The molecule has 28 heavy (non-hydrogen) atoms. The Morgan fingerprint density at radius 1 is 1.04 bits per heavy atom. The summed E-state index contributed by atoms with van der Waals surface area (Å²) in [5.41, 5.74) is 3.13. The number of carbonyl (C=O) groups excluding carboxylic acids is 3. The van der Waals surface area contributed by atoms with Gasteiger partial charge in [-0.3, -0.25) is 19.3 Å². The van der Waals surface area contributed by atoms with E-state index in [1.165, 1.54) is 0 Å². The van der Waals surface area contributed by atoms with Crippen molar-refractivity contribution in [2.75, 3.05) is 11.9 Å². The van der Waals surface area contributed by atoms with Crippen LogP contribution in [0.25, 0.3) is 0 Å². The predicted octanol–water partition coefficient (Wildman–Crippen LogP) is 3.00. The smallest absolute Gasteiger partial charge is 0.254 e. The average molecular weight is 370 g/mol. The van der Waals surface area contributed by atoms with Crippen molar-refractivity contribution < 1.29 is 14.4 Å². The molecule has 1 N–H and O–H groups in total. The van der Waals surface area contributed by atoms with E-state index in [-0.39, 0.29) is 23.5 Å². The van der Waals surface area contributed by atoms with Crippen LogP contribution in [0.3, 0.4) is 0 Å². The lowest BCUT2D eigenvalue weighted by atomic mass is 9.74. The molecule has 3 heterocycles.